The molecule has 1 aliphatic heterocycles. The summed E-state index contributed by atoms with van der Waals surface area (Å²) in [5, 5.41) is 0. The van der Waals surface area contributed by atoms with Crippen LogP contribution in [0.5, 0.6) is 5.75 Å². The van der Waals surface area contributed by atoms with E-state index in [2.05, 4.69) is 0 Å². The van der Waals surface area contributed by atoms with E-state index in [0.717, 1.165) is 12.0 Å². The summed E-state index contributed by atoms with van der Waals surface area (Å²) in [6, 6.07) is 7.05. The fourth-order valence-corrected chi connectivity index (χ4v) is 2.93. The van der Waals surface area contributed by atoms with Crippen molar-refractivity contribution < 1.29 is 22.1 Å². The molecule has 0 amide bonds. The van der Waals surface area contributed by atoms with Crippen molar-refractivity contribution in [2.24, 2.45) is 0 Å². The van der Waals surface area contributed by atoms with Crippen LogP contribution in [0.2, 0.25) is 0 Å². The molecule has 6 heteroatoms. The Labute approximate surface area is 113 Å². The van der Waals surface area contributed by atoms with Crippen molar-refractivity contribution in [1.29, 1.82) is 0 Å². The van der Waals surface area contributed by atoms with Crippen LogP contribution in [0, 0.1) is 6.92 Å². The first kappa shape index (κ1) is 14.3. The lowest BCUT2D eigenvalue weighted by Crippen LogP contribution is -2.27. The average molecular weight is 286 g/mol. The number of hydrogen-bond acceptors (Lipinski definition) is 5. The van der Waals surface area contributed by atoms with E-state index in [1.807, 2.05) is 19.1 Å². The fourth-order valence-electron chi connectivity index (χ4n) is 1.83. The maximum Gasteiger partial charge on any atom is 0.309 e. The second-order valence-corrected chi connectivity index (χ2v) is 6.19. The highest BCUT2D eigenvalue weighted by molar-refractivity contribution is 7.87. The van der Waals surface area contributed by atoms with Crippen LogP contribution in [0.4, 0.5) is 0 Å². The second-order valence-electron chi connectivity index (χ2n) is 4.50. The molecule has 1 aromatic carbocycles. The normalized spacial score (nSPS) is 20.2. The van der Waals surface area contributed by atoms with E-state index in [-0.39, 0.29) is 18.6 Å². The van der Waals surface area contributed by atoms with E-state index >= 15 is 0 Å². The van der Waals surface area contributed by atoms with E-state index in [1.165, 1.54) is 0 Å². The van der Waals surface area contributed by atoms with Crippen molar-refractivity contribution in [3.05, 3.63) is 29.8 Å². The van der Waals surface area contributed by atoms with Gasteiger partial charge in [0.05, 0.1) is 18.5 Å². The van der Waals surface area contributed by atoms with Crippen molar-refractivity contribution in [1.82, 2.24) is 0 Å². The summed E-state index contributed by atoms with van der Waals surface area (Å²) in [7, 11) is -3.58. The maximum absolute atomic E-state index is 11.9. The number of aryl methyl sites for hydroxylation is 1. The topological polar surface area (TPSA) is 61.8 Å². The molecule has 1 saturated heterocycles. The largest absolute Gasteiger partial charge is 0.382 e. The standard InChI is InChI=1S/C13H18O5S/c1-11-4-2-3-5-13(11)18-19(14,15)9-7-12-6-8-16-10-17-12/h2-5,12H,6-10H2,1H3. The van der Waals surface area contributed by atoms with E-state index in [1.54, 1.807) is 12.1 Å². The zero-order valence-corrected chi connectivity index (χ0v) is 11.7. The van der Waals surface area contributed by atoms with Crippen molar-refractivity contribution in [2.75, 3.05) is 19.2 Å². The number of ether oxygens (including phenoxy) is 2. The van der Waals surface area contributed by atoms with Gasteiger partial charge in [0.25, 0.3) is 0 Å². The number of rotatable bonds is 5. The van der Waals surface area contributed by atoms with Crippen LogP contribution < -0.4 is 4.18 Å². The van der Waals surface area contributed by atoms with Gasteiger partial charge in [-0.05, 0) is 31.4 Å². The molecule has 0 saturated carbocycles. The maximum atomic E-state index is 11.9. The van der Waals surface area contributed by atoms with Gasteiger partial charge in [0.2, 0.25) is 0 Å². The zero-order chi connectivity index (χ0) is 13.7. The molecule has 1 heterocycles. The molecule has 0 aliphatic carbocycles. The molecule has 5 nitrogen and oxygen atoms in total. The summed E-state index contributed by atoms with van der Waals surface area (Å²) >= 11 is 0. The lowest BCUT2D eigenvalue weighted by atomic mass is 10.2. The lowest BCUT2D eigenvalue weighted by Gasteiger charge is -2.22. The third-order valence-corrected chi connectivity index (χ3v) is 4.14. The third-order valence-electron chi connectivity index (χ3n) is 2.97. The molecule has 106 valence electrons. The molecule has 2 rings (SSSR count). The van der Waals surface area contributed by atoms with Crippen LogP contribution in [0.3, 0.4) is 0 Å². The Morgan fingerprint density at radius 2 is 2.16 bits per heavy atom. The minimum atomic E-state index is -3.58. The molecule has 0 N–H and O–H groups in total. The van der Waals surface area contributed by atoms with Gasteiger partial charge in [0.1, 0.15) is 12.5 Å². The van der Waals surface area contributed by atoms with Crippen molar-refractivity contribution in [3.8, 4) is 5.75 Å². The molecule has 19 heavy (non-hydrogen) atoms. The van der Waals surface area contributed by atoms with Crippen LogP contribution in [-0.2, 0) is 19.6 Å². The molecule has 0 aromatic heterocycles. The molecule has 1 fully saturated rings. The Morgan fingerprint density at radius 1 is 1.37 bits per heavy atom. The molecule has 0 bridgehead atoms. The highest BCUT2D eigenvalue weighted by atomic mass is 32.2. The van der Waals surface area contributed by atoms with Gasteiger partial charge in [0, 0.05) is 0 Å². The van der Waals surface area contributed by atoms with E-state index < -0.39 is 10.1 Å². The predicted octanol–water partition coefficient (Wildman–Crippen LogP) is 1.86. The molecule has 1 aliphatic rings. The molecule has 1 atom stereocenters. The van der Waals surface area contributed by atoms with Gasteiger partial charge in [-0.3, -0.25) is 0 Å². The summed E-state index contributed by atoms with van der Waals surface area (Å²) < 4.78 is 39.2. The van der Waals surface area contributed by atoms with Crippen LogP contribution in [0.1, 0.15) is 18.4 Å². The van der Waals surface area contributed by atoms with Gasteiger partial charge in [-0.2, -0.15) is 8.42 Å². The van der Waals surface area contributed by atoms with Crippen LogP contribution in [-0.4, -0.2) is 33.7 Å². The number of benzene rings is 1. The molecule has 0 radical (unpaired) electrons. The van der Waals surface area contributed by atoms with Crippen molar-refractivity contribution in [2.45, 2.75) is 25.9 Å². The number of hydrogen-bond donors (Lipinski definition) is 0. The number of para-hydroxylation sites is 1. The molecule has 1 unspecified atom stereocenters. The minimum absolute atomic E-state index is 0.0496. The Hall–Kier alpha value is -1.11. The zero-order valence-electron chi connectivity index (χ0n) is 10.9. The summed E-state index contributed by atoms with van der Waals surface area (Å²) in [5.74, 6) is 0.335. The second kappa shape index (κ2) is 6.36. The third kappa shape index (κ3) is 4.49. The summed E-state index contributed by atoms with van der Waals surface area (Å²) in [4.78, 5) is 0. The Bertz CT molecular complexity index is 506. The summed E-state index contributed by atoms with van der Waals surface area (Å²) in [6.07, 6.45) is 1.08. The fraction of sp³-hybridized carbons (Fsp3) is 0.538. The van der Waals surface area contributed by atoms with Gasteiger partial charge in [-0.25, -0.2) is 0 Å². The molecular formula is C13H18O5S. The summed E-state index contributed by atoms with van der Waals surface area (Å²) in [5.41, 5.74) is 0.799. The van der Waals surface area contributed by atoms with E-state index in [4.69, 9.17) is 13.7 Å². The van der Waals surface area contributed by atoms with E-state index in [9.17, 15) is 8.42 Å². The van der Waals surface area contributed by atoms with Gasteiger partial charge in [0.15, 0.2) is 0 Å². The quantitative estimate of drug-likeness (QED) is 0.773. The summed E-state index contributed by atoms with van der Waals surface area (Å²) in [6.45, 7) is 2.67. The van der Waals surface area contributed by atoms with Crippen molar-refractivity contribution in [3.63, 3.8) is 0 Å². The van der Waals surface area contributed by atoms with Crippen molar-refractivity contribution >= 4 is 10.1 Å². The Balaban J connectivity index is 1.90. The monoisotopic (exact) mass is 286 g/mol. The Kier molecular flexibility index (Phi) is 4.79. The predicted molar refractivity (Wildman–Crippen MR) is 70.5 cm³/mol. The van der Waals surface area contributed by atoms with Gasteiger partial charge < -0.3 is 13.7 Å². The first-order chi connectivity index (χ1) is 9.07. The van der Waals surface area contributed by atoms with Gasteiger partial charge in [-0.1, -0.05) is 18.2 Å². The first-order valence-corrected chi connectivity index (χ1v) is 7.82. The highest BCUT2D eigenvalue weighted by Gasteiger charge is 2.20. The average Bonchev–Trinajstić information content (AvgIpc) is 2.40. The molecule has 0 spiro atoms. The molecule has 1 aromatic rings. The van der Waals surface area contributed by atoms with E-state index in [0.29, 0.717) is 18.8 Å². The smallest absolute Gasteiger partial charge is 0.309 e. The molecular weight excluding hydrogens is 268 g/mol. The first-order valence-electron chi connectivity index (χ1n) is 6.24. The van der Waals surface area contributed by atoms with Gasteiger partial charge in [-0.15, -0.1) is 0 Å². The lowest BCUT2D eigenvalue weighted by molar-refractivity contribution is -0.138. The Morgan fingerprint density at radius 3 is 2.84 bits per heavy atom. The van der Waals surface area contributed by atoms with Crippen LogP contribution >= 0.6 is 0 Å². The highest BCUT2D eigenvalue weighted by Crippen LogP contribution is 2.19. The van der Waals surface area contributed by atoms with Gasteiger partial charge >= 0.3 is 10.1 Å². The SMILES string of the molecule is Cc1ccccc1OS(=O)(=O)CCC1CCOCO1. The minimum Gasteiger partial charge on any atom is -0.382 e. The van der Waals surface area contributed by atoms with Crippen LogP contribution in [0.25, 0.3) is 0 Å². The van der Waals surface area contributed by atoms with Crippen LogP contribution in [0.15, 0.2) is 24.3 Å².